The monoisotopic (exact) mass is 204 g/mol. The van der Waals surface area contributed by atoms with Crippen LogP contribution in [0.4, 0.5) is 11.4 Å². The summed E-state index contributed by atoms with van der Waals surface area (Å²) in [6, 6.07) is 8.15. The van der Waals surface area contributed by atoms with E-state index in [2.05, 4.69) is 24.0 Å². The second-order valence-corrected chi connectivity index (χ2v) is 4.37. The topological polar surface area (TPSA) is 29.3 Å². The molecule has 0 unspecified atom stereocenters. The Morgan fingerprint density at radius 3 is 2.67 bits per heavy atom. The molecule has 2 nitrogen and oxygen atoms in total. The van der Waals surface area contributed by atoms with Crippen LogP contribution >= 0.6 is 0 Å². The minimum absolute atomic E-state index is 0.898. The molecule has 0 aromatic heterocycles. The molecule has 2 rings (SSSR count). The molecule has 2 N–H and O–H groups in total. The van der Waals surface area contributed by atoms with E-state index in [1.807, 2.05) is 12.1 Å². The SMILES string of the molecule is CCN(CCC1CC1)c1ccccc1N. The molecule has 0 bridgehead atoms. The van der Waals surface area contributed by atoms with E-state index in [4.69, 9.17) is 5.73 Å². The lowest BCUT2D eigenvalue weighted by atomic mass is 10.2. The van der Waals surface area contributed by atoms with Crippen LogP contribution in [0.25, 0.3) is 0 Å². The molecule has 1 fully saturated rings. The maximum absolute atomic E-state index is 5.98. The van der Waals surface area contributed by atoms with Gasteiger partial charge in [0.1, 0.15) is 0 Å². The van der Waals surface area contributed by atoms with Crippen LogP contribution in [0.15, 0.2) is 24.3 Å². The molecule has 0 atom stereocenters. The predicted molar refractivity (Wildman–Crippen MR) is 66.1 cm³/mol. The predicted octanol–water partition coefficient (Wildman–Crippen LogP) is 2.90. The molecule has 1 saturated carbocycles. The van der Waals surface area contributed by atoms with Crippen LogP contribution in [0.5, 0.6) is 0 Å². The Balaban J connectivity index is 2.00. The van der Waals surface area contributed by atoms with E-state index in [0.717, 1.165) is 24.7 Å². The molecular weight excluding hydrogens is 184 g/mol. The van der Waals surface area contributed by atoms with E-state index >= 15 is 0 Å². The van der Waals surface area contributed by atoms with Gasteiger partial charge in [-0.05, 0) is 31.4 Å². The molecule has 1 aliphatic rings. The highest BCUT2D eigenvalue weighted by Gasteiger charge is 2.21. The molecule has 0 amide bonds. The van der Waals surface area contributed by atoms with Gasteiger partial charge in [-0.15, -0.1) is 0 Å². The summed E-state index contributed by atoms with van der Waals surface area (Å²) in [5.74, 6) is 0.990. The Bertz CT molecular complexity index is 318. The molecule has 1 aliphatic carbocycles. The largest absolute Gasteiger partial charge is 0.397 e. The van der Waals surface area contributed by atoms with Crippen LogP contribution in [0, 0.1) is 5.92 Å². The summed E-state index contributed by atoms with van der Waals surface area (Å²) in [5.41, 5.74) is 8.07. The molecule has 0 heterocycles. The van der Waals surface area contributed by atoms with Gasteiger partial charge in [-0.25, -0.2) is 0 Å². The fourth-order valence-corrected chi connectivity index (χ4v) is 1.97. The first-order valence-corrected chi connectivity index (χ1v) is 5.90. The molecule has 0 spiro atoms. The number of para-hydroxylation sites is 2. The van der Waals surface area contributed by atoms with Gasteiger partial charge in [-0.2, -0.15) is 0 Å². The van der Waals surface area contributed by atoms with Crippen LogP contribution in [0.2, 0.25) is 0 Å². The van der Waals surface area contributed by atoms with Crippen LogP contribution < -0.4 is 10.6 Å². The Hall–Kier alpha value is -1.18. The normalized spacial score (nSPS) is 15.3. The van der Waals surface area contributed by atoms with Gasteiger partial charge in [-0.3, -0.25) is 0 Å². The summed E-state index contributed by atoms with van der Waals surface area (Å²) in [5, 5.41) is 0. The van der Waals surface area contributed by atoms with Crippen molar-refractivity contribution in [2.45, 2.75) is 26.2 Å². The lowest BCUT2D eigenvalue weighted by molar-refractivity contribution is 0.687. The Kier molecular flexibility index (Phi) is 3.14. The molecule has 1 aromatic rings. The fraction of sp³-hybridized carbons (Fsp3) is 0.538. The quantitative estimate of drug-likeness (QED) is 0.747. The molecule has 0 radical (unpaired) electrons. The number of hydrogen-bond acceptors (Lipinski definition) is 2. The highest BCUT2D eigenvalue weighted by Crippen LogP contribution is 2.33. The zero-order valence-electron chi connectivity index (χ0n) is 9.45. The van der Waals surface area contributed by atoms with E-state index in [9.17, 15) is 0 Å². The van der Waals surface area contributed by atoms with Gasteiger partial charge in [0, 0.05) is 13.1 Å². The second-order valence-electron chi connectivity index (χ2n) is 4.37. The summed E-state index contributed by atoms with van der Waals surface area (Å²) in [6.45, 7) is 4.38. The summed E-state index contributed by atoms with van der Waals surface area (Å²) >= 11 is 0. The van der Waals surface area contributed by atoms with Crippen LogP contribution in [-0.2, 0) is 0 Å². The van der Waals surface area contributed by atoms with Crippen molar-refractivity contribution in [2.75, 3.05) is 23.7 Å². The first-order valence-electron chi connectivity index (χ1n) is 5.90. The highest BCUT2D eigenvalue weighted by molar-refractivity contribution is 5.67. The number of nitrogens with zero attached hydrogens (tertiary/aromatic N) is 1. The van der Waals surface area contributed by atoms with Gasteiger partial charge in [0.15, 0.2) is 0 Å². The van der Waals surface area contributed by atoms with E-state index in [0.29, 0.717) is 0 Å². The Morgan fingerprint density at radius 1 is 1.33 bits per heavy atom. The van der Waals surface area contributed by atoms with Crippen molar-refractivity contribution < 1.29 is 0 Å². The third-order valence-electron chi connectivity index (χ3n) is 3.16. The van der Waals surface area contributed by atoms with Gasteiger partial charge in [-0.1, -0.05) is 25.0 Å². The van der Waals surface area contributed by atoms with Gasteiger partial charge in [0.05, 0.1) is 11.4 Å². The van der Waals surface area contributed by atoms with Crippen molar-refractivity contribution >= 4 is 11.4 Å². The summed E-state index contributed by atoms with van der Waals surface area (Å²) in [4.78, 5) is 2.38. The minimum Gasteiger partial charge on any atom is -0.397 e. The maximum atomic E-state index is 5.98. The average Bonchev–Trinajstić information content (AvgIpc) is 3.05. The van der Waals surface area contributed by atoms with Crippen molar-refractivity contribution in [3.05, 3.63) is 24.3 Å². The van der Waals surface area contributed by atoms with Gasteiger partial charge in [0.25, 0.3) is 0 Å². The number of rotatable bonds is 5. The molecule has 15 heavy (non-hydrogen) atoms. The third-order valence-corrected chi connectivity index (χ3v) is 3.16. The van der Waals surface area contributed by atoms with Crippen molar-refractivity contribution in [1.82, 2.24) is 0 Å². The van der Waals surface area contributed by atoms with Crippen molar-refractivity contribution in [3.8, 4) is 0 Å². The first-order chi connectivity index (χ1) is 7.31. The number of hydrogen-bond donors (Lipinski definition) is 1. The number of nitrogen functional groups attached to an aromatic ring is 1. The standard InChI is InChI=1S/C13H20N2/c1-2-15(10-9-11-7-8-11)13-6-4-3-5-12(13)14/h3-6,11H,2,7-10,14H2,1H3. The Morgan fingerprint density at radius 2 is 2.07 bits per heavy atom. The summed E-state index contributed by atoms with van der Waals surface area (Å²) < 4.78 is 0. The summed E-state index contributed by atoms with van der Waals surface area (Å²) in [7, 11) is 0. The van der Waals surface area contributed by atoms with Crippen molar-refractivity contribution in [3.63, 3.8) is 0 Å². The van der Waals surface area contributed by atoms with Gasteiger partial charge < -0.3 is 10.6 Å². The van der Waals surface area contributed by atoms with Crippen LogP contribution in [0.1, 0.15) is 26.2 Å². The first kappa shape index (κ1) is 10.3. The van der Waals surface area contributed by atoms with E-state index in [1.165, 1.54) is 24.9 Å². The lowest BCUT2D eigenvalue weighted by Crippen LogP contribution is -2.25. The van der Waals surface area contributed by atoms with E-state index < -0.39 is 0 Å². The highest BCUT2D eigenvalue weighted by atomic mass is 15.1. The zero-order valence-corrected chi connectivity index (χ0v) is 9.45. The van der Waals surface area contributed by atoms with Crippen LogP contribution in [0.3, 0.4) is 0 Å². The Labute approximate surface area is 92.1 Å². The smallest absolute Gasteiger partial charge is 0.0599 e. The molecule has 1 aromatic carbocycles. The van der Waals surface area contributed by atoms with E-state index in [-0.39, 0.29) is 0 Å². The minimum atomic E-state index is 0.898. The molecular formula is C13H20N2. The third kappa shape index (κ3) is 2.65. The molecule has 2 heteroatoms. The molecule has 0 saturated heterocycles. The van der Waals surface area contributed by atoms with Crippen LogP contribution in [-0.4, -0.2) is 13.1 Å². The van der Waals surface area contributed by atoms with Crippen molar-refractivity contribution in [1.29, 1.82) is 0 Å². The van der Waals surface area contributed by atoms with E-state index in [1.54, 1.807) is 0 Å². The van der Waals surface area contributed by atoms with Crippen molar-refractivity contribution in [2.24, 2.45) is 5.92 Å². The number of benzene rings is 1. The second kappa shape index (κ2) is 4.56. The lowest BCUT2D eigenvalue weighted by Gasteiger charge is -2.24. The average molecular weight is 204 g/mol. The number of anilines is 2. The molecule has 82 valence electrons. The zero-order chi connectivity index (χ0) is 10.7. The van der Waals surface area contributed by atoms with Gasteiger partial charge >= 0.3 is 0 Å². The fourth-order valence-electron chi connectivity index (χ4n) is 1.97. The molecule has 0 aliphatic heterocycles. The van der Waals surface area contributed by atoms with Gasteiger partial charge in [0.2, 0.25) is 0 Å². The maximum Gasteiger partial charge on any atom is 0.0599 e. The summed E-state index contributed by atoms with van der Waals surface area (Å²) in [6.07, 6.45) is 4.19. The number of nitrogens with two attached hydrogens (primary N) is 1.